The van der Waals surface area contributed by atoms with Gasteiger partial charge < -0.3 is 0 Å². The zero-order valence-corrected chi connectivity index (χ0v) is 9.11. The number of Topliss-reactive ketones (excluding diaryl/α,β-unsaturated/α-hetero) is 1. The van der Waals surface area contributed by atoms with Crippen LogP contribution in [-0.2, 0) is 0 Å². The van der Waals surface area contributed by atoms with Crippen LogP contribution in [0.25, 0.3) is 0 Å². The van der Waals surface area contributed by atoms with Crippen molar-refractivity contribution in [2.24, 2.45) is 5.92 Å². The lowest BCUT2D eigenvalue weighted by Gasteiger charge is -2.23. The van der Waals surface area contributed by atoms with E-state index in [-0.39, 0.29) is 11.7 Å². The summed E-state index contributed by atoms with van der Waals surface area (Å²) < 4.78 is 0. The van der Waals surface area contributed by atoms with Crippen molar-refractivity contribution >= 4 is 29.0 Å². The van der Waals surface area contributed by atoms with Crippen molar-refractivity contribution in [1.82, 2.24) is 0 Å². The monoisotopic (exact) mass is 228 g/mol. The average Bonchev–Trinajstić information content (AvgIpc) is 2.06. The minimum absolute atomic E-state index is 0.204. The fourth-order valence-electron chi connectivity index (χ4n) is 1.56. The van der Waals surface area contributed by atoms with E-state index in [1.54, 1.807) is 18.2 Å². The van der Waals surface area contributed by atoms with Crippen LogP contribution in [0.4, 0.5) is 0 Å². The number of carbonyl (C=O) groups is 1. The topological polar surface area (TPSA) is 17.1 Å². The molecule has 1 aliphatic rings. The Morgan fingerprint density at radius 2 is 1.93 bits per heavy atom. The van der Waals surface area contributed by atoms with Crippen molar-refractivity contribution in [2.75, 3.05) is 0 Å². The molecule has 0 heterocycles. The normalized spacial score (nSPS) is 16.4. The quantitative estimate of drug-likeness (QED) is 0.701. The van der Waals surface area contributed by atoms with Gasteiger partial charge in [-0.05, 0) is 31.0 Å². The van der Waals surface area contributed by atoms with Crippen LogP contribution in [-0.4, -0.2) is 5.78 Å². The highest BCUT2D eigenvalue weighted by Crippen LogP contribution is 2.31. The molecule has 0 N–H and O–H groups in total. The highest BCUT2D eigenvalue weighted by Gasteiger charge is 2.26. The molecule has 1 fully saturated rings. The SMILES string of the molecule is O=C(c1ccc(Cl)c(Cl)c1)C1CCC1. The molecule has 0 saturated heterocycles. The van der Waals surface area contributed by atoms with E-state index in [1.807, 2.05) is 0 Å². The number of benzene rings is 1. The first kappa shape index (κ1) is 10.0. The third-order valence-corrected chi connectivity index (χ3v) is 3.42. The molecule has 74 valence electrons. The Morgan fingerprint density at radius 3 is 2.43 bits per heavy atom. The van der Waals surface area contributed by atoms with Gasteiger partial charge in [-0.25, -0.2) is 0 Å². The second-order valence-corrected chi connectivity index (χ2v) is 4.44. The van der Waals surface area contributed by atoms with E-state index in [1.165, 1.54) is 0 Å². The number of halogens is 2. The van der Waals surface area contributed by atoms with Crippen molar-refractivity contribution in [2.45, 2.75) is 19.3 Å². The third kappa shape index (κ3) is 1.79. The van der Waals surface area contributed by atoms with Crippen LogP contribution in [0.3, 0.4) is 0 Å². The van der Waals surface area contributed by atoms with Crippen LogP contribution in [0, 0.1) is 5.92 Å². The van der Waals surface area contributed by atoms with Crippen LogP contribution in [0.5, 0.6) is 0 Å². The molecule has 0 amide bonds. The van der Waals surface area contributed by atoms with E-state index in [4.69, 9.17) is 23.2 Å². The van der Waals surface area contributed by atoms with Gasteiger partial charge in [0.1, 0.15) is 0 Å². The molecule has 1 saturated carbocycles. The predicted octanol–water partition coefficient (Wildman–Crippen LogP) is 3.98. The molecule has 0 spiro atoms. The molecular weight excluding hydrogens is 219 g/mol. The maximum absolute atomic E-state index is 11.8. The van der Waals surface area contributed by atoms with Gasteiger partial charge in [-0.15, -0.1) is 0 Å². The number of rotatable bonds is 2. The summed E-state index contributed by atoms with van der Waals surface area (Å²) in [6.45, 7) is 0. The van der Waals surface area contributed by atoms with Crippen molar-refractivity contribution < 1.29 is 4.79 Å². The van der Waals surface area contributed by atoms with Crippen LogP contribution >= 0.6 is 23.2 Å². The lowest BCUT2D eigenvalue weighted by atomic mass is 9.80. The largest absolute Gasteiger partial charge is 0.294 e. The summed E-state index contributed by atoms with van der Waals surface area (Å²) in [5, 5.41) is 0.952. The van der Waals surface area contributed by atoms with Gasteiger partial charge in [0.25, 0.3) is 0 Å². The smallest absolute Gasteiger partial charge is 0.165 e. The van der Waals surface area contributed by atoms with Gasteiger partial charge in [-0.1, -0.05) is 29.6 Å². The average molecular weight is 229 g/mol. The second kappa shape index (κ2) is 3.92. The highest BCUT2D eigenvalue weighted by atomic mass is 35.5. The van der Waals surface area contributed by atoms with Crippen LogP contribution in [0.2, 0.25) is 10.0 Å². The molecule has 1 nitrogen and oxygen atoms in total. The first-order valence-electron chi connectivity index (χ1n) is 4.68. The van der Waals surface area contributed by atoms with Gasteiger partial charge in [-0.3, -0.25) is 4.79 Å². The summed E-state index contributed by atoms with van der Waals surface area (Å²) in [4.78, 5) is 11.8. The molecule has 1 aliphatic carbocycles. The van der Waals surface area contributed by atoms with Gasteiger partial charge in [-0.2, -0.15) is 0 Å². The number of ketones is 1. The van der Waals surface area contributed by atoms with Crippen molar-refractivity contribution in [3.63, 3.8) is 0 Å². The van der Waals surface area contributed by atoms with E-state index in [0.717, 1.165) is 19.3 Å². The minimum atomic E-state index is 0.204. The van der Waals surface area contributed by atoms with Crippen molar-refractivity contribution in [3.8, 4) is 0 Å². The summed E-state index contributed by atoms with van der Waals surface area (Å²) in [5.74, 6) is 0.419. The summed E-state index contributed by atoms with van der Waals surface area (Å²) in [5.41, 5.74) is 0.684. The first-order chi connectivity index (χ1) is 6.68. The number of carbonyl (C=O) groups excluding carboxylic acids is 1. The van der Waals surface area contributed by atoms with Crippen LogP contribution in [0.1, 0.15) is 29.6 Å². The van der Waals surface area contributed by atoms with Gasteiger partial charge >= 0.3 is 0 Å². The molecule has 0 atom stereocenters. The molecule has 0 unspecified atom stereocenters. The molecular formula is C11H10Cl2O. The zero-order chi connectivity index (χ0) is 10.1. The standard InChI is InChI=1S/C11H10Cl2O/c12-9-5-4-8(6-10(9)13)11(14)7-2-1-3-7/h4-7H,1-3H2. The molecule has 0 bridgehead atoms. The lowest BCUT2D eigenvalue weighted by Crippen LogP contribution is -2.21. The first-order valence-corrected chi connectivity index (χ1v) is 5.43. The fraction of sp³-hybridized carbons (Fsp3) is 0.364. The molecule has 0 radical (unpaired) electrons. The Morgan fingerprint density at radius 1 is 1.21 bits per heavy atom. The Balaban J connectivity index is 2.23. The summed E-state index contributed by atoms with van der Waals surface area (Å²) in [6, 6.07) is 5.08. The van der Waals surface area contributed by atoms with E-state index >= 15 is 0 Å². The van der Waals surface area contributed by atoms with Gasteiger partial charge in [0, 0.05) is 11.5 Å². The van der Waals surface area contributed by atoms with Crippen LogP contribution < -0.4 is 0 Å². The van der Waals surface area contributed by atoms with E-state index in [0.29, 0.717) is 15.6 Å². The minimum Gasteiger partial charge on any atom is -0.294 e. The molecule has 1 aromatic carbocycles. The van der Waals surface area contributed by atoms with Crippen molar-refractivity contribution in [1.29, 1.82) is 0 Å². The summed E-state index contributed by atoms with van der Waals surface area (Å²) >= 11 is 11.6. The molecule has 1 aromatic rings. The molecule has 2 rings (SSSR count). The fourth-order valence-corrected chi connectivity index (χ4v) is 1.85. The second-order valence-electron chi connectivity index (χ2n) is 3.62. The Labute approximate surface area is 93.0 Å². The maximum Gasteiger partial charge on any atom is 0.165 e. The summed E-state index contributed by atoms with van der Waals surface area (Å²) in [7, 11) is 0. The molecule has 0 aromatic heterocycles. The molecule has 0 aliphatic heterocycles. The number of hydrogen-bond acceptors (Lipinski definition) is 1. The molecule has 14 heavy (non-hydrogen) atoms. The van der Waals surface area contributed by atoms with Gasteiger partial charge in [0.05, 0.1) is 10.0 Å². The van der Waals surface area contributed by atoms with Gasteiger partial charge in [0.2, 0.25) is 0 Å². The lowest BCUT2D eigenvalue weighted by molar-refractivity contribution is 0.0855. The molecule has 3 heteroatoms. The Hall–Kier alpha value is -0.530. The Bertz CT molecular complexity index is 370. The van der Waals surface area contributed by atoms with Crippen LogP contribution in [0.15, 0.2) is 18.2 Å². The van der Waals surface area contributed by atoms with E-state index in [9.17, 15) is 4.79 Å². The Kier molecular flexibility index (Phi) is 2.80. The maximum atomic E-state index is 11.8. The summed E-state index contributed by atoms with van der Waals surface area (Å²) in [6.07, 6.45) is 3.19. The predicted molar refractivity (Wildman–Crippen MR) is 58.1 cm³/mol. The third-order valence-electron chi connectivity index (χ3n) is 2.68. The van der Waals surface area contributed by atoms with Gasteiger partial charge in [0.15, 0.2) is 5.78 Å². The van der Waals surface area contributed by atoms with Crippen molar-refractivity contribution in [3.05, 3.63) is 33.8 Å². The zero-order valence-electron chi connectivity index (χ0n) is 7.59. The van der Waals surface area contributed by atoms with E-state index < -0.39 is 0 Å². The highest BCUT2D eigenvalue weighted by molar-refractivity contribution is 6.42. The number of hydrogen-bond donors (Lipinski definition) is 0. The van der Waals surface area contributed by atoms with E-state index in [2.05, 4.69) is 0 Å².